The Balaban J connectivity index is 2.43. The van der Waals surface area contributed by atoms with Gasteiger partial charge in [0.1, 0.15) is 0 Å². The summed E-state index contributed by atoms with van der Waals surface area (Å²) < 4.78 is 0. The van der Waals surface area contributed by atoms with Crippen molar-refractivity contribution in [2.24, 2.45) is 0 Å². The van der Waals surface area contributed by atoms with Gasteiger partial charge in [-0.3, -0.25) is 0 Å². The Hall–Kier alpha value is -0.430. The topological polar surface area (TPSA) is 0 Å². The molecule has 0 aromatic heterocycles. The molecule has 0 aliphatic heterocycles. The van der Waals surface area contributed by atoms with Gasteiger partial charge in [-0.2, -0.15) is 0 Å². The molecular weight excluding hydrogens is 188 g/mol. The van der Waals surface area contributed by atoms with E-state index in [1.165, 1.54) is 42.6 Å². The van der Waals surface area contributed by atoms with Crippen molar-refractivity contribution in [2.45, 2.75) is 43.9 Å². The third-order valence-electron chi connectivity index (χ3n) is 3.13. The van der Waals surface area contributed by atoms with Crippen molar-refractivity contribution in [1.29, 1.82) is 0 Å². The van der Waals surface area contributed by atoms with Crippen LogP contribution in [0.2, 0.25) is 0 Å². The monoisotopic (exact) mass is 206 g/mol. The van der Waals surface area contributed by atoms with Gasteiger partial charge in [0.05, 0.1) is 0 Å². The minimum absolute atomic E-state index is 1.17. The van der Waals surface area contributed by atoms with E-state index in [0.29, 0.717) is 0 Å². The van der Waals surface area contributed by atoms with E-state index in [1.54, 1.807) is 11.1 Å². The summed E-state index contributed by atoms with van der Waals surface area (Å²) in [5, 5.41) is 0. The van der Waals surface area contributed by atoms with E-state index < -0.39 is 0 Å². The van der Waals surface area contributed by atoms with Crippen molar-refractivity contribution in [2.75, 3.05) is 6.26 Å². The van der Waals surface area contributed by atoms with Crippen LogP contribution >= 0.6 is 11.8 Å². The second-order valence-electron chi connectivity index (χ2n) is 3.99. The summed E-state index contributed by atoms with van der Waals surface area (Å²) in [5.41, 5.74) is 4.77. The molecule has 1 aliphatic rings. The highest BCUT2D eigenvalue weighted by atomic mass is 32.2. The van der Waals surface area contributed by atoms with E-state index in [9.17, 15) is 0 Å². The Morgan fingerprint density at radius 1 is 1.14 bits per heavy atom. The molecule has 14 heavy (non-hydrogen) atoms. The molecular formula is C13H18S. The lowest BCUT2D eigenvalue weighted by atomic mass is 9.90. The SMILES string of the molecule is CCc1cc2c(cc1SC)CCCC2. The Bertz CT molecular complexity index is 284. The molecule has 0 bridgehead atoms. The van der Waals surface area contributed by atoms with Crippen molar-refractivity contribution < 1.29 is 0 Å². The van der Waals surface area contributed by atoms with Gasteiger partial charge in [0.2, 0.25) is 0 Å². The summed E-state index contributed by atoms with van der Waals surface area (Å²) in [4.78, 5) is 1.49. The molecule has 0 saturated heterocycles. The first-order valence-corrected chi connectivity index (χ1v) is 6.76. The third kappa shape index (κ3) is 1.83. The number of aryl methyl sites for hydroxylation is 3. The van der Waals surface area contributed by atoms with E-state index in [4.69, 9.17) is 0 Å². The number of fused-ring (bicyclic) bond motifs is 1. The van der Waals surface area contributed by atoms with Crippen LogP contribution in [0.25, 0.3) is 0 Å². The molecule has 76 valence electrons. The minimum Gasteiger partial charge on any atom is -0.129 e. The average Bonchev–Trinajstić information content (AvgIpc) is 2.27. The maximum absolute atomic E-state index is 2.44. The van der Waals surface area contributed by atoms with Crippen LogP contribution in [0.3, 0.4) is 0 Å². The number of rotatable bonds is 2. The van der Waals surface area contributed by atoms with Crippen LogP contribution in [0.4, 0.5) is 0 Å². The molecule has 0 amide bonds. The normalized spacial score (nSPS) is 15.3. The highest BCUT2D eigenvalue weighted by molar-refractivity contribution is 7.98. The molecule has 0 fully saturated rings. The van der Waals surface area contributed by atoms with Crippen molar-refractivity contribution in [3.63, 3.8) is 0 Å². The zero-order valence-electron chi connectivity index (χ0n) is 9.10. The van der Waals surface area contributed by atoms with Crippen molar-refractivity contribution in [1.82, 2.24) is 0 Å². The van der Waals surface area contributed by atoms with Gasteiger partial charge in [-0.25, -0.2) is 0 Å². The number of hydrogen-bond donors (Lipinski definition) is 0. The smallest absolute Gasteiger partial charge is 0.0104 e. The molecule has 0 N–H and O–H groups in total. The summed E-state index contributed by atoms with van der Waals surface area (Å²) in [6.45, 7) is 2.25. The van der Waals surface area contributed by atoms with Gasteiger partial charge in [-0.05, 0) is 61.1 Å². The summed E-state index contributed by atoms with van der Waals surface area (Å²) >= 11 is 1.89. The molecule has 1 aliphatic carbocycles. The first-order chi connectivity index (χ1) is 6.85. The molecule has 0 nitrogen and oxygen atoms in total. The highest BCUT2D eigenvalue weighted by Crippen LogP contribution is 2.29. The van der Waals surface area contributed by atoms with Crippen molar-refractivity contribution >= 4 is 11.8 Å². The molecule has 2 rings (SSSR count). The van der Waals surface area contributed by atoms with E-state index in [0.717, 1.165) is 0 Å². The van der Waals surface area contributed by atoms with Crippen LogP contribution in [0.1, 0.15) is 36.5 Å². The summed E-state index contributed by atoms with van der Waals surface area (Å²) in [7, 11) is 0. The van der Waals surface area contributed by atoms with Crippen LogP contribution in [0.5, 0.6) is 0 Å². The number of benzene rings is 1. The molecule has 1 heteroatoms. The summed E-state index contributed by atoms with van der Waals surface area (Å²) in [6.07, 6.45) is 8.72. The lowest BCUT2D eigenvalue weighted by Gasteiger charge is -2.18. The van der Waals surface area contributed by atoms with E-state index >= 15 is 0 Å². The first kappa shape index (κ1) is 10.1. The molecule has 0 spiro atoms. The second kappa shape index (κ2) is 4.39. The zero-order valence-corrected chi connectivity index (χ0v) is 9.91. The maximum Gasteiger partial charge on any atom is 0.0104 e. The Labute approximate surface area is 91.1 Å². The molecule has 0 saturated carbocycles. The van der Waals surface area contributed by atoms with Gasteiger partial charge < -0.3 is 0 Å². The van der Waals surface area contributed by atoms with Gasteiger partial charge >= 0.3 is 0 Å². The van der Waals surface area contributed by atoms with Gasteiger partial charge in [0, 0.05) is 4.90 Å². The van der Waals surface area contributed by atoms with E-state index in [2.05, 4.69) is 25.3 Å². The van der Waals surface area contributed by atoms with Crippen LogP contribution in [-0.4, -0.2) is 6.26 Å². The predicted octanol–water partition coefficient (Wildman–Crippen LogP) is 3.85. The first-order valence-electron chi connectivity index (χ1n) is 5.53. The highest BCUT2D eigenvalue weighted by Gasteiger charge is 2.11. The maximum atomic E-state index is 2.44. The second-order valence-corrected chi connectivity index (χ2v) is 4.84. The Kier molecular flexibility index (Phi) is 3.17. The molecule has 0 heterocycles. The number of hydrogen-bond acceptors (Lipinski definition) is 1. The predicted molar refractivity (Wildman–Crippen MR) is 64.2 cm³/mol. The summed E-state index contributed by atoms with van der Waals surface area (Å²) in [6, 6.07) is 4.87. The fourth-order valence-electron chi connectivity index (χ4n) is 2.28. The Morgan fingerprint density at radius 3 is 2.36 bits per heavy atom. The van der Waals surface area contributed by atoms with Crippen LogP contribution < -0.4 is 0 Å². The Morgan fingerprint density at radius 2 is 1.79 bits per heavy atom. The largest absolute Gasteiger partial charge is 0.129 e. The van der Waals surface area contributed by atoms with Gasteiger partial charge in [0.15, 0.2) is 0 Å². The molecule has 1 aromatic carbocycles. The lowest BCUT2D eigenvalue weighted by molar-refractivity contribution is 0.682. The van der Waals surface area contributed by atoms with Crippen molar-refractivity contribution in [3.05, 3.63) is 28.8 Å². The fourth-order valence-corrected chi connectivity index (χ4v) is 3.01. The quantitative estimate of drug-likeness (QED) is 0.662. The summed E-state index contributed by atoms with van der Waals surface area (Å²) in [5.74, 6) is 0. The van der Waals surface area contributed by atoms with Crippen molar-refractivity contribution in [3.8, 4) is 0 Å². The minimum atomic E-state index is 1.17. The van der Waals surface area contributed by atoms with E-state index in [-0.39, 0.29) is 0 Å². The molecule has 1 aromatic rings. The lowest BCUT2D eigenvalue weighted by Crippen LogP contribution is -2.04. The van der Waals surface area contributed by atoms with Crippen LogP contribution in [0.15, 0.2) is 17.0 Å². The van der Waals surface area contributed by atoms with Gasteiger partial charge in [-0.15, -0.1) is 11.8 Å². The zero-order chi connectivity index (χ0) is 9.97. The van der Waals surface area contributed by atoms with Gasteiger partial charge in [0.25, 0.3) is 0 Å². The standard InChI is InChI=1S/C13H18S/c1-3-10-8-11-6-4-5-7-12(11)9-13(10)14-2/h8-9H,3-7H2,1-2H3. The van der Waals surface area contributed by atoms with E-state index in [1.807, 2.05) is 11.8 Å². The molecule has 0 radical (unpaired) electrons. The molecule has 0 atom stereocenters. The van der Waals surface area contributed by atoms with Gasteiger partial charge in [-0.1, -0.05) is 13.0 Å². The number of thioether (sulfide) groups is 1. The third-order valence-corrected chi connectivity index (χ3v) is 3.95. The van der Waals surface area contributed by atoms with Crippen LogP contribution in [-0.2, 0) is 19.3 Å². The molecule has 0 unspecified atom stereocenters. The fraction of sp³-hybridized carbons (Fsp3) is 0.538. The average molecular weight is 206 g/mol. The van der Waals surface area contributed by atoms with Crippen LogP contribution in [0, 0.1) is 0 Å².